The van der Waals surface area contributed by atoms with Gasteiger partial charge in [0.2, 0.25) is 0 Å². The van der Waals surface area contributed by atoms with Gasteiger partial charge in [-0.05, 0) is 30.9 Å². The molecule has 0 aromatic heterocycles. The largest absolute Gasteiger partial charge is 0.439 e. The highest BCUT2D eigenvalue weighted by Gasteiger charge is 2.31. The highest BCUT2D eigenvalue weighted by atomic mass is 32.2. The van der Waals surface area contributed by atoms with Crippen molar-refractivity contribution in [3.8, 4) is 0 Å². The average Bonchev–Trinajstić information content (AvgIpc) is 2.58. The fraction of sp³-hybridized carbons (Fsp3) is 0.364. The first kappa shape index (κ1) is 10.4. The zero-order chi connectivity index (χ0) is 10.8. The van der Waals surface area contributed by atoms with Crippen molar-refractivity contribution in [1.82, 2.24) is 5.32 Å². The van der Waals surface area contributed by atoms with Crippen molar-refractivity contribution in [1.29, 1.82) is 0 Å². The molecule has 1 unspecified atom stereocenters. The second kappa shape index (κ2) is 4.14. The Morgan fingerprint density at radius 1 is 1.33 bits per heavy atom. The van der Waals surface area contributed by atoms with Crippen molar-refractivity contribution < 1.29 is 9.53 Å². The molecule has 1 N–H and O–H groups in total. The lowest BCUT2D eigenvalue weighted by Crippen LogP contribution is -2.23. The predicted octanol–water partition coefficient (Wildman–Crippen LogP) is 2.58. The fourth-order valence-corrected chi connectivity index (χ4v) is 2.07. The third-order valence-corrected chi connectivity index (χ3v) is 3.22. The number of amides is 1. The standard InChI is InChI=1S/C11H13NO2S/c1-7-10(14-11(13)12-7)8-3-5-9(15-2)6-4-8/h3-7,10H,1-2H3,(H,12,13)/t7-,10?/m0/s1. The molecule has 1 saturated heterocycles. The van der Waals surface area contributed by atoms with Gasteiger partial charge in [0.1, 0.15) is 6.10 Å². The summed E-state index contributed by atoms with van der Waals surface area (Å²) in [6.07, 6.45) is 1.55. The smallest absolute Gasteiger partial charge is 0.408 e. The van der Waals surface area contributed by atoms with Gasteiger partial charge in [-0.2, -0.15) is 0 Å². The van der Waals surface area contributed by atoms with E-state index < -0.39 is 0 Å². The lowest BCUT2D eigenvalue weighted by atomic mass is 10.0. The number of rotatable bonds is 2. The van der Waals surface area contributed by atoms with Crippen molar-refractivity contribution in [2.45, 2.75) is 24.0 Å². The van der Waals surface area contributed by atoms with Crippen LogP contribution >= 0.6 is 11.8 Å². The van der Waals surface area contributed by atoms with Crippen LogP contribution in [0.15, 0.2) is 29.2 Å². The minimum atomic E-state index is -0.332. The molecule has 0 radical (unpaired) electrons. The second-order valence-corrected chi connectivity index (χ2v) is 4.41. The minimum absolute atomic E-state index is 0.0395. The van der Waals surface area contributed by atoms with Crippen LogP contribution in [0, 0.1) is 0 Å². The van der Waals surface area contributed by atoms with Gasteiger partial charge in [0.05, 0.1) is 6.04 Å². The Hall–Kier alpha value is -1.16. The lowest BCUT2D eigenvalue weighted by molar-refractivity contribution is 0.134. The molecule has 15 heavy (non-hydrogen) atoms. The fourth-order valence-electron chi connectivity index (χ4n) is 1.66. The first-order chi connectivity index (χ1) is 7.20. The molecule has 1 aliphatic heterocycles. The molecule has 0 spiro atoms. The molecule has 1 aliphatic rings. The molecule has 3 nitrogen and oxygen atoms in total. The van der Waals surface area contributed by atoms with E-state index in [0.29, 0.717) is 0 Å². The number of hydrogen-bond donors (Lipinski definition) is 1. The summed E-state index contributed by atoms with van der Waals surface area (Å²) in [5.41, 5.74) is 1.04. The molecule has 0 bridgehead atoms. The molecule has 1 fully saturated rings. The summed E-state index contributed by atoms with van der Waals surface area (Å²) in [5, 5.41) is 2.73. The average molecular weight is 223 g/mol. The van der Waals surface area contributed by atoms with Crippen molar-refractivity contribution in [3.63, 3.8) is 0 Å². The number of hydrogen-bond acceptors (Lipinski definition) is 3. The molecule has 0 aliphatic carbocycles. The molecule has 4 heteroatoms. The van der Waals surface area contributed by atoms with E-state index in [9.17, 15) is 4.79 Å². The van der Waals surface area contributed by atoms with Gasteiger partial charge in [-0.1, -0.05) is 12.1 Å². The van der Waals surface area contributed by atoms with Crippen LogP contribution < -0.4 is 5.32 Å². The van der Waals surface area contributed by atoms with Crippen LogP contribution in [0.25, 0.3) is 0 Å². The van der Waals surface area contributed by atoms with Crippen LogP contribution in [0.1, 0.15) is 18.6 Å². The maximum Gasteiger partial charge on any atom is 0.408 e. The van der Waals surface area contributed by atoms with E-state index >= 15 is 0 Å². The Morgan fingerprint density at radius 2 is 2.00 bits per heavy atom. The van der Waals surface area contributed by atoms with Crippen molar-refractivity contribution >= 4 is 17.9 Å². The van der Waals surface area contributed by atoms with Crippen LogP contribution in [0.5, 0.6) is 0 Å². The molecular formula is C11H13NO2S. The van der Waals surface area contributed by atoms with E-state index in [1.165, 1.54) is 4.90 Å². The Labute approximate surface area is 93.2 Å². The molecule has 1 amide bonds. The summed E-state index contributed by atoms with van der Waals surface area (Å²) in [5.74, 6) is 0. The quantitative estimate of drug-likeness (QED) is 0.783. The van der Waals surface area contributed by atoms with E-state index in [0.717, 1.165) is 5.56 Å². The summed E-state index contributed by atoms with van der Waals surface area (Å²) in [6, 6.07) is 8.14. The monoisotopic (exact) mass is 223 g/mol. The molecule has 80 valence electrons. The summed E-state index contributed by atoms with van der Waals surface area (Å²) < 4.78 is 5.18. The number of ether oxygens (including phenoxy) is 1. The van der Waals surface area contributed by atoms with Crippen LogP contribution in [-0.2, 0) is 4.74 Å². The Balaban J connectivity index is 2.19. The number of carbonyl (C=O) groups excluding carboxylic acids is 1. The van der Waals surface area contributed by atoms with Gasteiger partial charge >= 0.3 is 6.09 Å². The highest BCUT2D eigenvalue weighted by Crippen LogP contribution is 2.27. The molecule has 1 heterocycles. The van der Waals surface area contributed by atoms with Gasteiger partial charge in [0.15, 0.2) is 0 Å². The van der Waals surface area contributed by atoms with E-state index in [1.54, 1.807) is 11.8 Å². The zero-order valence-corrected chi connectivity index (χ0v) is 9.51. The highest BCUT2D eigenvalue weighted by molar-refractivity contribution is 7.98. The van der Waals surface area contributed by atoms with Crippen LogP contribution in [-0.4, -0.2) is 18.4 Å². The number of thioether (sulfide) groups is 1. The van der Waals surface area contributed by atoms with Crippen LogP contribution in [0.2, 0.25) is 0 Å². The van der Waals surface area contributed by atoms with Crippen LogP contribution in [0.4, 0.5) is 4.79 Å². The van der Waals surface area contributed by atoms with Gasteiger partial charge in [0.25, 0.3) is 0 Å². The third-order valence-electron chi connectivity index (χ3n) is 2.48. The third kappa shape index (κ3) is 2.09. The zero-order valence-electron chi connectivity index (χ0n) is 8.69. The number of carbonyl (C=O) groups is 1. The number of benzene rings is 1. The van der Waals surface area contributed by atoms with Crippen molar-refractivity contribution in [2.24, 2.45) is 0 Å². The van der Waals surface area contributed by atoms with Gasteiger partial charge in [0, 0.05) is 4.90 Å². The molecule has 1 aromatic rings. The molecule has 0 saturated carbocycles. The van der Waals surface area contributed by atoms with Gasteiger partial charge in [-0.25, -0.2) is 4.79 Å². The number of alkyl carbamates (subject to hydrolysis) is 1. The van der Waals surface area contributed by atoms with E-state index in [2.05, 4.69) is 5.32 Å². The van der Waals surface area contributed by atoms with Crippen molar-refractivity contribution in [3.05, 3.63) is 29.8 Å². The predicted molar refractivity (Wildman–Crippen MR) is 60.0 cm³/mol. The first-order valence-electron chi connectivity index (χ1n) is 4.82. The summed E-state index contributed by atoms with van der Waals surface area (Å²) in [7, 11) is 0. The topological polar surface area (TPSA) is 38.3 Å². The summed E-state index contributed by atoms with van der Waals surface area (Å²) >= 11 is 1.70. The maximum absolute atomic E-state index is 11.0. The lowest BCUT2D eigenvalue weighted by Gasteiger charge is -2.13. The normalized spacial score (nSPS) is 24.8. The Morgan fingerprint density at radius 3 is 2.47 bits per heavy atom. The van der Waals surface area contributed by atoms with Gasteiger partial charge in [-0.15, -0.1) is 11.8 Å². The van der Waals surface area contributed by atoms with E-state index in [1.807, 2.05) is 37.4 Å². The number of nitrogens with one attached hydrogen (secondary N) is 1. The molecular weight excluding hydrogens is 210 g/mol. The first-order valence-corrected chi connectivity index (χ1v) is 6.04. The molecule has 2 rings (SSSR count). The second-order valence-electron chi connectivity index (χ2n) is 3.53. The summed E-state index contributed by atoms with van der Waals surface area (Å²) in [4.78, 5) is 12.2. The minimum Gasteiger partial charge on any atom is -0.439 e. The molecule has 2 atom stereocenters. The van der Waals surface area contributed by atoms with E-state index in [4.69, 9.17) is 4.74 Å². The Kier molecular flexibility index (Phi) is 2.86. The van der Waals surface area contributed by atoms with Gasteiger partial charge in [-0.3, -0.25) is 0 Å². The van der Waals surface area contributed by atoms with Gasteiger partial charge < -0.3 is 10.1 Å². The van der Waals surface area contributed by atoms with Crippen LogP contribution in [0.3, 0.4) is 0 Å². The number of cyclic esters (lactones) is 1. The summed E-state index contributed by atoms with van der Waals surface area (Å²) in [6.45, 7) is 1.94. The maximum atomic E-state index is 11.0. The SMILES string of the molecule is CSc1ccc(C2OC(=O)N[C@H]2C)cc1. The van der Waals surface area contributed by atoms with E-state index in [-0.39, 0.29) is 18.2 Å². The Bertz CT molecular complexity index is 363. The molecule has 1 aromatic carbocycles. The van der Waals surface area contributed by atoms with Crippen molar-refractivity contribution in [2.75, 3.05) is 6.26 Å².